The zero-order valence-electron chi connectivity index (χ0n) is 14.3. The molecule has 0 fully saturated rings. The van der Waals surface area contributed by atoms with Crippen LogP contribution >= 0.6 is 11.6 Å². The minimum atomic E-state index is -3.41. The predicted molar refractivity (Wildman–Crippen MR) is 98.2 cm³/mol. The summed E-state index contributed by atoms with van der Waals surface area (Å²) in [5.41, 5.74) is 1.29. The molecule has 0 N–H and O–H groups in total. The van der Waals surface area contributed by atoms with Crippen LogP contribution in [-0.4, -0.2) is 45.7 Å². The van der Waals surface area contributed by atoms with Crippen LogP contribution in [0.1, 0.15) is 15.9 Å². The summed E-state index contributed by atoms with van der Waals surface area (Å²) in [6.07, 6.45) is 1.09. The highest BCUT2D eigenvalue weighted by molar-refractivity contribution is 7.90. The minimum absolute atomic E-state index is 0.0598. The summed E-state index contributed by atoms with van der Waals surface area (Å²) in [7, 11) is -1.80. The van der Waals surface area contributed by atoms with Crippen molar-refractivity contribution in [1.29, 1.82) is 0 Å². The molecule has 0 saturated carbocycles. The van der Waals surface area contributed by atoms with Crippen LogP contribution in [0, 0.1) is 6.92 Å². The van der Waals surface area contributed by atoms with E-state index in [0.717, 1.165) is 17.6 Å². The molecule has 0 atom stereocenters. The van der Waals surface area contributed by atoms with Gasteiger partial charge in [0, 0.05) is 13.3 Å². The Morgan fingerprint density at radius 3 is 2.40 bits per heavy atom. The lowest BCUT2D eigenvalue weighted by Gasteiger charge is -2.18. The number of likely N-dealkylation sites (N-methyl/N-ethyl adjacent to an activating group) is 1. The van der Waals surface area contributed by atoms with Crippen molar-refractivity contribution in [2.75, 3.05) is 26.5 Å². The first-order valence-electron chi connectivity index (χ1n) is 7.63. The molecule has 0 spiro atoms. The fourth-order valence-corrected chi connectivity index (χ4v) is 2.99. The molecule has 2 rings (SSSR count). The van der Waals surface area contributed by atoms with E-state index in [1.165, 1.54) is 23.1 Å². The van der Waals surface area contributed by atoms with Crippen molar-refractivity contribution in [3.63, 3.8) is 0 Å². The molecule has 1 amide bonds. The Morgan fingerprint density at radius 1 is 1.16 bits per heavy atom. The van der Waals surface area contributed by atoms with Crippen molar-refractivity contribution in [1.82, 2.24) is 4.90 Å². The van der Waals surface area contributed by atoms with Gasteiger partial charge in [0.2, 0.25) is 0 Å². The quantitative estimate of drug-likeness (QED) is 0.770. The molecule has 134 valence electrons. The summed E-state index contributed by atoms with van der Waals surface area (Å²) in [6, 6.07) is 11.7. The van der Waals surface area contributed by atoms with Crippen LogP contribution in [0.3, 0.4) is 0 Å². The van der Waals surface area contributed by atoms with Gasteiger partial charge < -0.3 is 9.64 Å². The number of aryl methyl sites for hydroxylation is 1. The Hall–Kier alpha value is -2.05. The lowest BCUT2D eigenvalue weighted by atomic mass is 10.2. The van der Waals surface area contributed by atoms with Crippen molar-refractivity contribution in [2.45, 2.75) is 11.8 Å². The number of sulfone groups is 1. The molecule has 2 aromatic rings. The number of ether oxygens (including phenoxy) is 1. The first kappa shape index (κ1) is 19.3. The van der Waals surface area contributed by atoms with Gasteiger partial charge in [0.05, 0.1) is 22.0 Å². The maximum Gasteiger partial charge on any atom is 0.255 e. The second kappa shape index (κ2) is 7.89. The third kappa shape index (κ3) is 5.21. The van der Waals surface area contributed by atoms with Crippen molar-refractivity contribution >= 4 is 27.3 Å². The van der Waals surface area contributed by atoms with Crippen LogP contribution < -0.4 is 4.74 Å². The summed E-state index contributed by atoms with van der Waals surface area (Å²) < 4.78 is 28.9. The monoisotopic (exact) mass is 381 g/mol. The number of nitrogens with zero attached hydrogens (tertiary/aromatic N) is 1. The minimum Gasteiger partial charge on any atom is -0.492 e. The van der Waals surface area contributed by atoms with Crippen LogP contribution in [-0.2, 0) is 9.84 Å². The molecule has 0 radical (unpaired) electrons. The topological polar surface area (TPSA) is 63.7 Å². The number of amides is 1. The molecule has 0 aromatic heterocycles. The molecule has 0 aliphatic rings. The van der Waals surface area contributed by atoms with Gasteiger partial charge in [-0.3, -0.25) is 4.79 Å². The van der Waals surface area contributed by atoms with Crippen LogP contribution in [0.4, 0.5) is 0 Å². The van der Waals surface area contributed by atoms with E-state index in [1.54, 1.807) is 7.05 Å². The van der Waals surface area contributed by atoms with Crippen molar-refractivity contribution in [3.05, 3.63) is 58.6 Å². The van der Waals surface area contributed by atoms with Crippen molar-refractivity contribution in [2.24, 2.45) is 0 Å². The fraction of sp³-hybridized carbons (Fsp3) is 0.278. The van der Waals surface area contributed by atoms with E-state index >= 15 is 0 Å². The predicted octanol–water partition coefficient (Wildman–Crippen LogP) is 3.20. The number of hydrogen-bond acceptors (Lipinski definition) is 4. The second-order valence-corrected chi connectivity index (χ2v) is 8.22. The molecular formula is C18H20ClNO4S. The van der Waals surface area contributed by atoms with E-state index in [2.05, 4.69) is 0 Å². The van der Waals surface area contributed by atoms with Crippen molar-refractivity contribution < 1.29 is 17.9 Å². The second-order valence-electron chi connectivity index (χ2n) is 5.80. The van der Waals surface area contributed by atoms with Gasteiger partial charge in [0.15, 0.2) is 9.84 Å². The van der Waals surface area contributed by atoms with Crippen molar-refractivity contribution in [3.8, 4) is 5.75 Å². The average molecular weight is 382 g/mol. The summed E-state index contributed by atoms with van der Waals surface area (Å²) in [4.78, 5) is 14.0. The molecule has 0 aliphatic carbocycles. The molecular weight excluding hydrogens is 362 g/mol. The normalized spacial score (nSPS) is 11.2. The van der Waals surface area contributed by atoms with E-state index in [1.807, 2.05) is 31.2 Å². The largest absolute Gasteiger partial charge is 0.492 e. The summed E-state index contributed by atoms with van der Waals surface area (Å²) >= 11 is 6.06. The first-order valence-corrected chi connectivity index (χ1v) is 9.90. The molecule has 0 unspecified atom stereocenters. The molecule has 0 heterocycles. The SMILES string of the molecule is Cc1ccc(OCCN(C)C(=O)c2cc(S(C)(=O)=O)ccc2Cl)cc1. The maximum atomic E-state index is 12.5. The molecule has 25 heavy (non-hydrogen) atoms. The van der Waals surface area contributed by atoms with E-state index in [0.29, 0.717) is 13.2 Å². The highest BCUT2D eigenvalue weighted by atomic mass is 35.5. The molecule has 0 bridgehead atoms. The van der Waals surface area contributed by atoms with Gasteiger partial charge in [0.1, 0.15) is 12.4 Å². The Kier molecular flexibility index (Phi) is 6.08. The maximum absolute atomic E-state index is 12.5. The lowest BCUT2D eigenvalue weighted by Crippen LogP contribution is -2.31. The molecule has 0 saturated heterocycles. The van der Waals surface area contributed by atoms with E-state index < -0.39 is 9.84 Å². The Bertz CT molecular complexity index is 863. The van der Waals surface area contributed by atoms with Gasteiger partial charge in [-0.1, -0.05) is 29.3 Å². The molecule has 0 aliphatic heterocycles. The number of carbonyl (C=O) groups is 1. The Balaban J connectivity index is 2.03. The zero-order valence-corrected chi connectivity index (χ0v) is 15.9. The van der Waals surface area contributed by atoms with Gasteiger partial charge in [-0.25, -0.2) is 8.42 Å². The van der Waals surface area contributed by atoms with Crippen LogP contribution in [0.15, 0.2) is 47.4 Å². The third-order valence-electron chi connectivity index (χ3n) is 3.66. The fourth-order valence-electron chi connectivity index (χ4n) is 2.14. The molecule has 7 heteroatoms. The smallest absolute Gasteiger partial charge is 0.255 e. The van der Waals surface area contributed by atoms with Crippen LogP contribution in [0.2, 0.25) is 5.02 Å². The van der Waals surface area contributed by atoms with Gasteiger partial charge >= 0.3 is 0 Å². The zero-order chi connectivity index (χ0) is 18.6. The lowest BCUT2D eigenvalue weighted by molar-refractivity contribution is 0.0773. The van der Waals surface area contributed by atoms with E-state index in [9.17, 15) is 13.2 Å². The van der Waals surface area contributed by atoms with Gasteiger partial charge in [-0.05, 0) is 37.3 Å². The van der Waals surface area contributed by atoms with Gasteiger partial charge in [0.25, 0.3) is 5.91 Å². The van der Waals surface area contributed by atoms with Gasteiger partial charge in [-0.15, -0.1) is 0 Å². The number of hydrogen-bond donors (Lipinski definition) is 0. The Labute approximate surface area is 153 Å². The molecule has 2 aromatic carbocycles. The summed E-state index contributed by atoms with van der Waals surface area (Å²) in [5.74, 6) is 0.367. The average Bonchev–Trinajstić information content (AvgIpc) is 2.55. The molecule has 5 nitrogen and oxygen atoms in total. The van der Waals surface area contributed by atoms with E-state index in [4.69, 9.17) is 16.3 Å². The number of rotatable bonds is 6. The van der Waals surface area contributed by atoms with E-state index in [-0.39, 0.29) is 21.4 Å². The number of benzene rings is 2. The standard InChI is InChI=1S/C18H20ClNO4S/c1-13-4-6-14(7-5-13)24-11-10-20(2)18(21)16-12-15(25(3,22)23)8-9-17(16)19/h4-9,12H,10-11H2,1-3H3. The van der Waals surface area contributed by atoms with Crippen LogP contribution in [0.25, 0.3) is 0 Å². The summed E-state index contributed by atoms with van der Waals surface area (Å²) in [6.45, 7) is 2.64. The Morgan fingerprint density at radius 2 is 1.80 bits per heavy atom. The highest BCUT2D eigenvalue weighted by Gasteiger charge is 2.18. The first-order chi connectivity index (χ1) is 11.7. The van der Waals surface area contributed by atoms with Gasteiger partial charge in [-0.2, -0.15) is 0 Å². The summed E-state index contributed by atoms with van der Waals surface area (Å²) in [5, 5.41) is 0.212. The number of carbonyl (C=O) groups excluding carboxylic acids is 1. The number of halogens is 1. The third-order valence-corrected chi connectivity index (χ3v) is 5.10. The highest BCUT2D eigenvalue weighted by Crippen LogP contribution is 2.22. The van der Waals surface area contributed by atoms with Crippen LogP contribution in [0.5, 0.6) is 5.75 Å².